The fourth-order valence-corrected chi connectivity index (χ4v) is 2.86. The summed E-state index contributed by atoms with van der Waals surface area (Å²) in [5.74, 6) is 0.0393. The molecule has 0 fully saturated rings. The minimum atomic E-state index is -0.403. The van der Waals surface area contributed by atoms with Gasteiger partial charge in [-0.15, -0.1) is 0 Å². The maximum atomic E-state index is 12.4. The molecule has 0 bridgehead atoms. The molecule has 7 heteroatoms. The molecule has 1 amide bonds. The molecule has 2 heterocycles. The van der Waals surface area contributed by atoms with Crippen molar-refractivity contribution in [2.24, 2.45) is 0 Å². The summed E-state index contributed by atoms with van der Waals surface area (Å²) in [4.78, 5) is 20.8. The standard InChI is InChI=1S/C19H11Cl2N3O2/c20-13-8-7-11(19-24-14-5-1-2-6-16(14)26-19)10-15(13)23-18(25)12-4-3-9-22-17(12)21/h1-10H,(H,23,25). The SMILES string of the molecule is O=C(Nc1cc(-c2nc3ccccc3o2)ccc1Cl)c1cccnc1Cl. The summed E-state index contributed by atoms with van der Waals surface area (Å²) in [6, 6.07) is 15.9. The van der Waals surface area contributed by atoms with Crippen molar-refractivity contribution >= 4 is 45.9 Å². The van der Waals surface area contributed by atoms with Crippen LogP contribution in [0.1, 0.15) is 10.4 Å². The monoisotopic (exact) mass is 383 g/mol. The van der Waals surface area contributed by atoms with Crippen LogP contribution in [0.2, 0.25) is 10.2 Å². The molecule has 2 aromatic carbocycles. The highest BCUT2D eigenvalue weighted by atomic mass is 35.5. The normalized spacial score (nSPS) is 10.8. The highest BCUT2D eigenvalue weighted by Crippen LogP contribution is 2.31. The second-order valence-electron chi connectivity index (χ2n) is 5.48. The molecule has 0 aliphatic rings. The number of anilines is 1. The van der Waals surface area contributed by atoms with Gasteiger partial charge in [-0.25, -0.2) is 9.97 Å². The maximum absolute atomic E-state index is 12.4. The number of fused-ring (bicyclic) bond motifs is 1. The first-order valence-corrected chi connectivity index (χ1v) is 8.45. The molecule has 0 aliphatic heterocycles. The Morgan fingerprint density at radius 1 is 1.04 bits per heavy atom. The molecule has 2 aromatic heterocycles. The molecule has 0 spiro atoms. The van der Waals surface area contributed by atoms with E-state index in [0.29, 0.717) is 27.7 Å². The van der Waals surface area contributed by atoms with Gasteiger partial charge in [0.15, 0.2) is 5.58 Å². The molecule has 0 saturated carbocycles. The molecule has 0 saturated heterocycles. The fourth-order valence-electron chi connectivity index (χ4n) is 2.49. The number of hydrogen-bond acceptors (Lipinski definition) is 4. The lowest BCUT2D eigenvalue weighted by Gasteiger charge is -2.09. The first-order valence-electron chi connectivity index (χ1n) is 7.69. The van der Waals surface area contributed by atoms with Crippen molar-refractivity contribution < 1.29 is 9.21 Å². The van der Waals surface area contributed by atoms with Crippen molar-refractivity contribution in [3.05, 3.63) is 76.5 Å². The lowest BCUT2D eigenvalue weighted by molar-refractivity contribution is 0.102. The second kappa shape index (κ2) is 6.78. The van der Waals surface area contributed by atoms with E-state index in [2.05, 4.69) is 15.3 Å². The molecule has 0 aliphatic carbocycles. The third-order valence-electron chi connectivity index (χ3n) is 3.76. The Balaban J connectivity index is 1.68. The molecular formula is C19H11Cl2N3O2. The number of pyridine rings is 1. The fraction of sp³-hybridized carbons (Fsp3) is 0. The Bertz CT molecular complexity index is 1090. The third kappa shape index (κ3) is 3.14. The molecule has 0 unspecified atom stereocenters. The van der Waals surface area contributed by atoms with Gasteiger partial charge in [0, 0.05) is 11.8 Å². The number of rotatable bonds is 3. The van der Waals surface area contributed by atoms with Crippen LogP contribution in [0.25, 0.3) is 22.6 Å². The van der Waals surface area contributed by atoms with Gasteiger partial charge in [0.1, 0.15) is 10.7 Å². The molecule has 1 N–H and O–H groups in total. The maximum Gasteiger partial charge on any atom is 0.258 e. The van der Waals surface area contributed by atoms with Gasteiger partial charge in [0.2, 0.25) is 5.89 Å². The molecular weight excluding hydrogens is 373 g/mol. The molecule has 128 valence electrons. The van der Waals surface area contributed by atoms with Gasteiger partial charge in [-0.3, -0.25) is 4.79 Å². The number of para-hydroxylation sites is 2. The predicted octanol–water partition coefficient (Wildman–Crippen LogP) is 5.45. The molecule has 26 heavy (non-hydrogen) atoms. The van der Waals surface area contributed by atoms with Crippen LogP contribution in [0, 0.1) is 0 Å². The summed E-state index contributed by atoms with van der Waals surface area (Å²) >= 11 is 12.2. The van der Waals surface area contributed by atoms with E-state index in [4.69, 9.17) is 27.6 Å². The van der Waals surface area contributed by atoms with Crippen molar-refractivity contribution in [3.8, 4) is 11.5 Å². The highest BCUT2D eigenvalue weighted by Gasteiger charge is 2.15. The number of oxazole rings is 1. The van der Waals surface area contributed by atoms with Gasteiger partial charge in [0.05, 0.1) is 16.3 Å². The minimum absolute atomic E-state index is 0.122. The molecule has 0 radical (unpaired) electrons. The number of carbonyl (C=O) groups excluding carboxylic acids is 1. The van der Waals surface area contributed by atoms with E-state index >= 15 is 0 Å². The van der Waals surface area contributed by atoms with Crippen molar-refractivity contribution in [2.45, 2.75) is 0 Å². The summed E-state index contributed by atoms with van der Waals surface area (Å²) < 4.78 is 5.76. The van der Waals surface area contributed by atoms with Crippen LogP contribution in [-0.4, -0.2) is 15.9 Å². The van der Waals surface area contributed by atoms with E-state index in [-0.39, 0.29) is 10.7 Å². The van der Waals surface area contributed by atoms with Gasteiger partial charge >= 0.3 is 0 Å². The van der Waals surface area contributed by atoms with Crippen LogP contribution in [0.15, 0.2) is 65.2 Å². The van der Waals surface area contributed by atoms with Crippen LogP contribution in [-0.2, 0) is 0 Å². The number of carbonyl (C=O) groups is 1. The van der Waals surface area contributed by atoms with Crippen LogP contribution in [0.3, 0.4) is 0 Å². The van der Waals surface area contributed by atoms with Gasteiger partial charge in [-0.2, -0.15) is 0 Å². The number of nitrogens with one attached hydrogen (secondary N) is 1. The number of nitrogens with zero attached hydrogens (tertiary/aromatic N) is 2. The number of aromatic nitrogens is 2. The van der Waals surface area contributed by atoms with Crippen LogP contribution < -0.4 is 5.32 Å². The topological polar surface area (TPSA) is 68.0 Å². The van der Waals surface area contributed by atoms with Gasteiger partial charge in [-0.05, 0) is 42.5 Å². The first kappa shape index (κ1) is 16.6. The highest BCUT2D eigenvalue weighted by molar-refractivity contribution is 6.35. The molecule has 4 rings (SSSR count). The van der Waals surface area contributed by atoms with E-state index in [9.17, 15) is 4.79 Å². The summed E-state index contributed by atoms with van der Waals surface area (Å²) in [6.45, 7) is 0. The van der Waals surface area contributed by atoms with E-state index in [1.54, 1.807) is 30.3 Å². The largest absolute Gasteiger partial charge is 0.436 e. The lowest BCUT2D eigenvalue weighted by Crippen LogP contribution is -2.13. The van der Waals surface area contributed by atoms with E-state index < -0.39 is 5.91 Å². The average Bonchev–Trinajstić information content (AvgIpc) is 3.08. The van der Waals surface area contributed by atoms with Gasteiger partial charge in [0.25, 0.3) is 5.91 Å². The smallest absolute Gasteiger partial charge is 0.258 e. The Kier molecular flexibility index (Phi) is 4.32. The number of halogens is 2. The summed E-state index contributed by atoms with van der Waals surface area (Å²) in [5, 5.41) is 3.26. The zero-order valence-electron chi connectivity index (χ0n) is 13.2. The summed E-state index contributed by atoms with van der Waals surface area (Å²) in [5.41, 5.74) is 2.82. The second-order valence-corrected chi connectivity index (χ2v) is 6.24. The molecule has 5 nitrogen and oxygen atoms in total. The Morgan fingerprint density at radius 2 is 1.88 bits per heavy atom. The zero-order valence-corrected chi connectivity index (χ0v) is 14.8. The van der Waals surface area contributed by atoms with E-state index in [1.807, 2.05) is 24.3 Å². The third-order valence-corrected chi connectivity index (χ3v) is 4.39. The summed E-state index contributed by atoms with van der Waals surface area (Å²) in [7, 11) is 0. The average molecular weight is 384 g/mol. The molecule has 4 aromatic rings. The number of amides is 1. The quantitative estimate of drug-likeness (QED) is 0.477. The van der Waals surface area contributed by atoms with Crippen molar-refractivity contribution in [1.29, 1.82) is 0 Å². The van der Waals surface area contributed by atoms with Gasteiger partial charge in [-0.1, -0.05) is 35.3 Å². The van der Waals surface area contributed by atoms with Crippen molar-refractivity contribution in [2.75, 3.05) is 5.32 Å². The van der Waals surface area contributed by atoms with E-state index in [0.717, 1.165) is 5.52 Å². The Morgan fingerprint density at radius 3 is 2.69 bits per heavy atom. The number of hydrogen-bond donors (Lipinski definition) is 1. The van der Waals surface area contributed by atoms with Crippen molar-refractivity contribution in [3.63, 3.8) is 0 Å². The lowest BCUT2D eigenvalue weighted by atomic mass is 10.2. The van der Waals surface area contributed by atoms with Crippen LogP contribution >= 0.6 is 23.2 Å². The van der Waals surface area contributed by atoms with Crippen molar-refractivity contribution in [1.82, 2.24) is 9.97 Å². The van der Waals surface area contributed by atoms with Crippen LogP contribution in [0.5, 0.6) is 0 Å². The van der Waals surface area contributed by atoms with Gasteiger partial charge < -0.3 is 9.73 Å². The Hall–Kier alpha value is -2.89. The summed E-state index contributed by atoms with van der Waals surface area (Å²) in [6.07, 6.45) is 1.51. The minimum Gasteiger partial charge on any atom is -0.436 e. The number of benzene rings is 2. The van der Waals surface area contributed by atoms with Crippen LogP contribution in [0.4, 0.5) is 5.69 Å². The van der Waals surface area contributed by atoms with E-state index in [1.165, 1.54) is 6.20 Å². The Labute approximate surface area is 158 Å². The predicted molar refractivity (Wildman–Crippen MR) is 102 cm³/mol. The zero-order chi connectivity index (χ0) is 18.1. The first-order chi connectivity index (χ1) is 12.6. The molecule has 0 atom stereocenters.